The van der Waals surface area contributed by atoms with E-state index in [0.29, 0.717) is 5.69 Å². The Labute approximate surface area is 281 Å². The molecule has 262 valence electrons. The van der Waals surface area contributed by atoms with Gasteiger partial charge in [-0.1, -0.05) is 10.3 Å². The maximum absolute atomic E-state index is 13.6. The fourth-order valence-electron chi connectivity index (χ4n) is 4.41. The zero-order valence-corrected chi connectivity index (χ0v) is 29.0. The second kappa shape index (κ2) is 14.3. The van der Waals surface area contributed by atoms with Gasteiger partial charge in [0.2, 0.25) is 17.3 Å². The molecule has 18 heteroatoms. The summed E-state index contributed by atoms with van der Waals surface area (Å²) < 4.78 is 15.9. The van der Waals surface area contributed by atoms with Gasteiger partial charge in [-0.2, -0.15) is 0 Å². The standard InChI is InChI=1S/C30H42N8O9S/c1-28(2,3)44-25(42)30(7,8)47-38-21(18-14-48-26(34-18)36-27(43)45-29(4,5)6)24(41)35-20-17(33-23(20)40)13-32-22(39)19-11-16(37-46-19)15-9-10-31-12-15/h11,14-15,17,20,31H,9-10,12-13H2,1-8H3,(H,32,39)(H,33,40)(H,35,41)(H,34,36,43)/b38-21-. The molecule has 2 aliphatic heterocycles. The van der Waals surface area contributed by atoms with E-state index < -0.39 is 64.4 Å². The molecule has 4 heterocycles. The third-order valence-corrected chi connectivity index (χ3v) is 7.60. The van der Waals surface area contributed by atoms with E-state index in [4.69, 9.17) is 18.8 Å². The highest BCUT2D eigenvalue weighted by molar-refractivity contribution is 7.14. The highest BCUT2D eigenvalue weighted by Crippen LogP contribution is 2.23. The number of hydrogen-bond donors (Lipinski definition) is 5. The molecule has 2 fully saturated rings. The lowest BCUT2D eigenvalue weighted by molar-refractivity contribution is -0.179. The lowest BCUT2D eigenvalue weighted by Gasteiger charge is -2.37. The number of β-lactam (4-membered cyclic amide) rings is 1. The third-order valence-electron chi connectivity index (χ3n) is 6.84. The molecule has 0 radical (unpaired) electrons. The fraction of sp³-hybridized carbons (Fsp3) is 0.600. The van der Waals surface area contributed by atoms with Crippen LogP contribution in [0.1, 0.15) is 89.7 Å². The van der Waals surface area contributed by atoms with Gasteiger partial charge in [0.1, 0.15) is 22.9 Å². The van der Waals surface area contributed by atoms with Gasteiger partial charge in [0.05, 0.1) is 11.7 Å². The molecule has 2 aromatic rings. The lowest BCUT2D eigenvalue weighted by atomic mass is 9.98. The van der Waals surface area contributed by atoms with Gasteiger partial charge in [-0.3, -0.25) is 19.7 Å². The van der Waals surface area contributed by atoms with E-state index in [1.807, 2.05) is 0 Å². The number of thiazole rings is 1. The number of amides is 4. The zero-order chi connectivity index (χ0) is 35.4. The second-order valence-electron chi connectivity index (χ2n) is 13.8. The summed E-state index contributed by atoms with van der Waals surface area (Å²) in [7, 11) is 0. The zero-order valence-electron chi connectivity index (χ0n) is 28.1. The van der Waals surface area contributed by atoms with Crippen LogP contribution in [0.4, 0.5) is 9.93 Å². The van der Waals surface area contributed by atoms with Gasteiger partial charge in [0.25, 0.3) is 11.8 Å². The molecule has 0 saturated carbocycles. The molecule has 48 heavy (non-hydrogen) atoms. The first-order chi connectivity index (χ1) is 22.3. The van der Waals surface area contributed by atoms with Gasteiger partial charge in [-0.15, -0.1) is 11.3 Å². The molecule has 4 rings (SSSR count). The van der Waals surface area contributed by atoms with Crippen LogP contribution in [0.25, 0.3) is 0 Å². The van der Waals surface area contributed by atoms with Gasteiger partial charge in [-0.25, -0.2) is 14.6 Å². The molecule has 2 saturated heterocycles. The van der Waals surface area contributed by atoms with Crippen molar-refractivity contribution in [2.24, 2.45) is 5.16 Å². The number of oxime groups is 1. The fourth-order valence-corrected chi connectivity index (χ4v) is 5.09. The second-order valence-corrected chi connectivity index (χ2v) is 14.6. The van der Waals surface area contributed by atoms with Crippen molar-refractivity contribution in [2.75, 3.05) is 25.0 Å². The first kappa shape index (κ1) is 36.3. The number of aromatic nitrogens is 2. The number of anilines is 1. The molecule has 0 bridgehead atoms. The van der Waals surface area contributed by atoms with E-state index in [9.17, 15) is 24.0 Å². The van der Waals surface area contributed by atoms with Gasteiger partial charge in [0, 0.05) is 30.5 Å². The van der Waals surface area contributed by atoms with Crippen LogP contribution in [0, 0.1) is 0 Å². The molecule has 0 aliphatic carbocycles. The summed E-state index contributed by atoms with van der Waals surface area (Å²) in [4.78, 5) is 73.6. The number of ether oxygens (including phenoxy) is 2. The highest BCUT2D eigenvalue weighted by atomic mass is 32.1. The smallest absolute Gasteiger partial charge is 0.413 e. The summed E-state index contributed by atoms with van der Waals surface area (Å²) in [5.41, 5.74) is -2.93. The molecule has 0 spiro atoms. The summed E-state index contributed by atoms with van der Waals surface area (Å²) in [5.74, 6) is -2.45. The van der Waals surface area contributed by atoms with Crippen LogP contribution in [0.2, 0.25) is 0 Å². The summed E-state index contributed by atoms with van der Waals surface area (Å²) >= 11 is 0.980. The van der Waals surface area contributed by atoms with E-state index in [1.165, 1.54) is 19.2 Å². The Balaban J connectivity index is 1.46. The molecule has 2 aliphatic rings. The predicted octanol–water partition coefficient (Wildman–Crippen LogP) is 1.81. The van der Waals surface area contributed by atoms with Crippen LogP contribution in [-0.2, 0) is 28.7 Å². The van der Waals surface area contributed by atoms with Crippen LogP contribution in [0.15, 0.2) is 21.1 Å². The third kappa shape index (κ3) is 9.72. The summed E-state index contributed by atoms with van der Waals surface area (Å²) in [6.45, 7) is 14.6. The topological polar surface area (TPSA) is 224 Å². The van der Waals surface area contributed by atoms with Crippen molar-refractivity contribution < 1.29 is 42.8 Å². The van der Waals surface area contributed by atoms with E-state index in [-0.39, 0.29) is 29.0 Å². The predicted molar refractivity (Wildman–Crippen MR) is 172 cm³/mol. The molecule has 17 nitrogen and oxygen atoms in total. The molecule has 3 unspecified atom stereocenters. The number of hydrogen-bond acceptors (Lipinski definition) is 14. The van der Waals surface area contributed by atoms with E-state index in [1.54, 1.807) is 47.6 Å². The number of carbonyl (C=O) groups is 5. The summed E-state index contributed by atoms with van der Waals surface area (Å²) in [5, 5.41) is 23.1. The minimum Gasteiger partial charge on any atom is -0.457 e. The first-order valence-electron chi connectivity index (χ1n) is 15.3. The minimum absolute atomic E-state index is 0.0216. The molecule has 4 amide bonds. The largest absolute Gasteiger partial charge is 0.457 e. The van der Waals surface area contributed by atoms with Crippen molar-refractivity contribution in [2.45, 2.75) is 96.6 Å². The summed E-state index contributed by atoms with van der Waals surface area (Å²) in [6, 6.07) is -0.144. The van der Waals surface area contributed by atoms with Crippen LogP contribution < -0.4 is 26.6 Å². The lowest BCUT2D eigenvalue weighted by Crippen LogP contribution is -2.72. The normalized spacial score (nSPS) is 19.9. The Morgan fingerprint density at radius 1 is 1.08 bits per heavy atom. The SMILES string of the molecule is CC(C)(C)OC(=O)Nc1nc(/C(=N/OC(C)(C)C(=O)OC(C)(C)C)C(=O)NC2C(=O)NC2CNC(=O)c2cc(C3CCNC3)no2)cs1. The van der Waals surface area contributed by atoms with Crippen molar-refractivity contribution in [1.82, 2.24) is 31.4 Å². The maximum atomic E-state index is 13.6. The Morgan fingerprint density at radius 2 is 1.79 bits per heavy atom. The Morgan fingerprint density at radius 3 is 2.42 bits per heavy atom. The highest BCUT2D eigenvalue weighted by Gasteiger charge is 2.42. The Bertz CT molecular complexity index is 1560. The first-order valence-corrected chi connectivity index (χ1v) is 16.2. The van der Waals surface area contributed by atoms with E-state index in [0.717, 1.165) is 30.8 Å². The Kier molecular flexibility index (Phi) is 10.8. The van der Waals surface area contributed by atoms with E-state index >= 15 is 0 Å². The van der Waals surface area contributed by atoms with Gasteiger partial charge in [-0.05, 0) is 68.4 Å². The quantitative estimate of drug-likeness (QED) is 0.0985. The van der Waals surface area contributed by atoms with Gasteiger partial charge in [0.15, 0.2) is 10.8 Å². The van der Waals surface area contributed by atoms with Crippen molar-refractivity contribution in [3.63, 3.8) is 0 Å². The molecular weight excluding hydrogens is 648 g/mol. The number of carbonyl (C=O) groups excluding carboxylic acids is 5. The number of rotatable bonds is 11. The maximum Gasteiger partial charge on any atom is 0.413 e. The van der Waals surface area contributed by atoms with Crippen LogP contribution >= 0.6 is 11.3 Å². The van der Waals surface area contributed by atoms with Crippen molar-refractivity contribution >= 4 is 52.0 Å². The van der Waals surface area contributed by atoms with Gasteiger partial charge < -0.3 is 40.1 Å². The average Bonchev–Trinajstić information content (AvgIpc) is 3.74. The van der Waals surface area contributed by atoms with Crippen LogP contribution in [0.3, 0.4) is 0 Å². The van der Waals surface area contributed by atoms with Crippen molar-refractivity contribution in [3.8, 4) is 0 Å². The number of esters is 1. The molecule has 3 atom stereocenters. The van der Waals surface area contributed by atoms with Crippen molar-refractivity contribution in [1.29, 1.82) is 0 Å². The average molecular weight is 691 g/mol. The molecule has 5 N–H and O–H groups in total. The molecule has 2 aromatic heterocycles. The number of nitrogens with one attached hydrogen (secondary N) is 5. The monoisotopic (exact) mass is 690 g/mol. The molecular formula is C30H42N8O9S. The van der Waals surface area contributed by atoms with E-state index in [2.05, 4.69) is 41.9 Å². The number of nitrogens with zero attached hydrogens (tertiary/aromatic N) is 3. The van der Waals surface area contributed by atoms with Crippen molar-refractivity contribution in [3.05, 3.63) is 28.6 Å². The summed E-state index contributed by atoms with van der Waals surface area (Å²) in [6.07, 6.45) is 0.127. The minimum atomic E-state index is -1.62. The van der Waals surface area contributed by atoms with Crippen LogP contribution in [-0.4, -0.2) is 94.2 Å². The Hall–Kier alpha value is -4.58. The van der Waals surface area contributed by atoms with Crippen LogP contribution in [0.5, 0.6) is 0 Å². The molecule has 0 aromatic carbocycles. The van der Waals surface area contributed by atoms with Gasteiger partial charge >= 0.3 is 12.1 Å².